The van der Waals surface area contributed by atoms with Gasteiger partial charge in [0.15, 0.2) is 9.84 Å². The van der Waals surface area contributed by atoms with Crippen molar-refractivity contribution in [2.45, 2.75) is 17.3 Å². The summed E-state index contributed by atoms with van der Waals surface area (Å²) in [4.78, 5) is 10.6. The lowest BCUT2D eigenvalue weighted by molar-refractivity contribution is -0.0326. The maximum atomic E-state index is 12.1. The number of thioether (sulfide) groups is 1. The molecule has 0 spiro atoms. The predicted molar refractivity (Wildman–Crippen MR) is 76.4 cm³/mol. The topological polar surface area (TPSA) is 71.4 Å². The molecule has 0 saturated carbocycles. The van der Waals surface area contributed by atoms with Crippen LogP contribution in [0.2, 0.25) is 0 Å². The Hall–Kier alpha value is -0.740. The average molecular weight is 407 g/mol. The molecule has 1 rings (SSSR count). The van der Waals surface area contributed by atoms with E-state index in [2.05, 4.69) is 15.9 Å². The molecule has 0 saturated heterocycles. The van der Waals surface area contributed by atoms with E-state index in [-0.39, 0.29) is 20.5 Å². The van der Waals surface area contributed by atoms with Gasteiger partial charge < -0.3 is 5.11 Å². The van der Waals surface area contributed by atoms with Crippen LogP contribution in [0.25, 0.3) is 0 Å². The normalized spacial score (nSPS) is 12.4. The summed E-state index contributed by atoms with van der Waals surface area (Å²) in [5.41, 5.74) is -4.50. The lowest BCUT2D eigenvalue weighted by Crippen LogP contribution is -2.14. The minimum absolute atomic E-state index is 0.255. The number of aromatic carboxylic acids is 1. The van der Waals surface area contributed by atoms with E-state index in [1.807, 2.05) is 0 Å². The van der Waals surface area contributed by atoms with Gasteiger partial charge in [0.2, 0.25) is 0 Å². The molecular weight excluding hydrogens is 397 g/mol. The van der Waals surface area contributed by atoms with Gasteiger partial charge >= 0.3 is 11.5 Å². The van der Waals surface area contributed by atoms with Gasteiger partial charge in [0, 0.05) is 10.2 Å². The van der Waals surface area contributed by atoms with Gasteiger partial charge in [-0.2, -0.15) is 13.2 Å². The van der Waals surface area contributed by atoms with E-state index in [1.165, 1.54) is 13.0 Å². The number of carboxylic acid groups (broad SMARTS) is 1. The molecule has 1 N–H and O–H groups in total. The van der Waals surface area contributed by atoms with Crippen LogP contribution in [0.15, 0.2) is 21.5 Å². The molecule has 0 atom stereocenters. The number of hydrogen-bond acceptors (Lipinski definition) is 4. The molecule has 4 nitrogen and oxygen atoms in total. The Balaban J connectivity index is 3.11. The Morgan fingerprint density at radius 2 is 1.95 bits per heavy atom. The summed E-state index contributed by atoms with van der Waals surface area (Å²) in [6.07, 6.45) is 0. The number of benzene rings is 1. The van der Waals surface area contributed by atoms with E-state index < -0.39 is 44.6 Å². The Bertz CT molecular complexity index is 656. The highest BCUT2D eigenvalue weighted by Gasteiger charge is 2.29. The second kappa shape index (κ2) is 6.57. The molecule has 10 heteroatoms. The monoisotopic (exact) mass is 406 g/mol. The van der Waals surface area contributed by atoms with Crippen LogP contribution in [0, 0.1) is 6.92 Å². The zero-order valence-corrected chi connectivity index (χ0v) is 13.8. The minimum Gasteiger partial charge on any atom is -0.478 e. The highest BCUT2D eigenvalue weighted by Crippen LogP contribution is 2.32. The third kappa shape index (κ3) is 5.19. The van der Waals surface area contributed by atoms with Crippen LogP contribution in [0.5, 0.6) is 0 Å². The maximum absolute atomic E-state index is 12.1. The minimum atomic E-state index is -4.51. The predicted octanol–water partition coefficient (Wildman–Crippen LogP) is 3.48. The summed E-state index contributed by atoms with van der Waals surface area (Å²) < 4.78 is 60.5. The number of hydrogen-bond donors (Lipinski definition) is 1. The van der Waals surface area contributed by atoms with Gasteiger partial charge in [-0.1, -0.05) is 15.9 Å². The SMILES string of the molecule is Cc1c(Br)cc(C(=O)O)cc1S(=O)(=O)CCSC(F)(F)F. The summed E-state index contributed by atoms with van der Waals surface area (Å²) in [6.45, 7) is 1.44. The molecule has 0 radical (unpaired) electrons. The van der Waals surface area contributed by atoms with E-state index in [4.69, 9.17) is 5.11 Å². The van der Waals surface area contributed by atoms with Crippen LogP contribution in [0.4, 0.5) is 13.2 Å². The Morgan fingerprint density at radius 3 is 2.43 bits per heavy atom. The molecule has 0 fully saturated rings. The van der Waals surface area contributed by atoms with Gasteiger partial charge in [0.1, 0.15) is 0 Å². The maximum Gasteiger partial charge on any atom is 0.441 e. The summed E-state index contributed by atoms with van der Waals surface area (Å²) in [7, 11) is -4.01. The van der Waals surface area contributed by atoms with Crippen molar-refractivity contribution in [3.8, 4) is 0 Å². The molecule has 21 heavy (non-hydrogen) atoms. The molecule has 1 aromatic carbocycles. The molecule has 0 amide bonds. The molecule has 0 unspecified atom stereocenters. The molecule has 0 bridgehead atoms. The molecule has 0 heterocycles. The first-order valence-electron chi connectivity index (χ1n) is 5.41. The summed E-state index contributed by atoms with van der Waals surface area (Å²) in [6, 6.07) is 2.19. The molecule has 0 aliphatic carbocycles. The number of alkyl halides is 3. The van der Waals surface area contributed by atoms with Gasteiger partial charge in [-0.3, -0.25) is 0 Å². The van der Waals surface area contributed by atoms with Crippen LogP contribution in [0.1, 0.15) is 15.9 Å². The second-order valence-corrected chi connectivity index (χ2v) is 8.09. The summed E-state index contributed by atoms with van der Waals surface area (Å²) >= 11 is 2.61. The number of rotatable bonds is 5. The molecule has 1 aromatic rings. The fourth-order valence-electron chi connectivity index (χ4n) is 1.48. The first kappa shape index (κ1) is 18.3. The van der Waals surface area contributed by atoms with Crippen molar-refractivity contribution in [1.29, 1.82) is 0 Å². The highest BCUT2D eigenvalue weighted by atomic mass is 79.9. The first-order valence-corrected chi connectivity index (χ1v) is 8.84. The fraction of sp³-hybridized carbons (Fsp3) is 0.364. The van der Waals surface area contributed by atoms with Crippen molar-refractivity contribution < 1.29 is 31.5 Å². The van der Waals surface area contributed by atoms with E-state index in [1.54, 1.807) is 0 Å². The zero-order valence-electron chi connectivity index (χ0n) is 10.6. The smallest absolute Gasteiger partial charge is 0.441 e. The molecular formula is C11H10BrF3O4S2. The van der Waals surface area contributed by atoms with Gasteiger partial charge in [-0.25, -0.2) is 13.2 Å². The lowest BCUT2D eigenvalue weighted by atomic mass is 10.1. The lowest BCUT2D eigenvalue weighted by Gasteiger charge is -2.11. The van der Waals surface area contributed by atoms with Crippen molar-refractivity contribution in [2.75, 3.05) is 11.5 Å². The Labute approximate surface area is 131 Å². The Kier molecular flexibility index (Phi) is 5.73. The zero-order chi connectivity index (χ0) is 16.4. The van der Waals surface area contributed by atoms with Crippen molar-refractivity contribution >= 4 is 43.5 Å². The third-order valence-electron chi connectivity index (χ3n) is 2.50. The number of carbonyl (C=O) groups is 1. The second-order valence-electron chi connectivity index (χ2n) is 4.00. The van der Waals surface area contributed by atoms with Crippen LogP contribution in [-0.2, 0) is 9.84 Å². The van der Waals surface area contributed by atoms with E-state index in [0.717, 1.165) is 6.07 Å². The van der Waals surface area contributed by atoms with Gasteiger partial charge in [-0.15, -0.1) is 0 Å². The van der Waals surface area contributed by atoms with Crippen LogP contribution in [-0.4, -0.2) is 36.5 Å². The first-order chi connectivity index (χ1) is 9.44. The largest absolute Gasteiger partial charge is 0.478 e. The van der Waals surface area contributed by atoms with E-state index in [9.17, 15) is 26.4 Å². The van der Waals surface area contributed by atoms with Crippen LogP contribution >= 0.6 is 27.7 Å². The van der Waals surface area contributed by atoms with Gasteiger partial charge in [-0.05, 0) is 36.4 Å². The van der Waals surface area contributed by atoms with E-state index in [0.29, 0.717) is 0 Å². The van der Waals surface area contributed by atoms with Crippen LogP contribution < -0.4 is 0 Å². The standard InChI is InChI=1S/C11H10BrF3O4S2/c1-6-8(12)4-7(10(16)17)5-9(6)21(18,19)3-2-20-11(13,14)15/h4-5H,2-3H2,1H3,(H,16,17). The third-order valence-corrected chi connectivity index (χ3v) is 6.15. The Morgan fingerprint density at radius 1 is 1.38 bits per heavy atom. The summed E-state index contributed by atoms with van der Waals surface area (Å²) in [5, 5.41) is 8.90. The van der Waals surface area contributed by atoms with Crippen molar-refractivity contribution in [3.05, 3.63) is 27.7 Å². The van der Waals surface area contributed by atoms with Crippen molar-refractivity contribution in [3.63, 3.8) is 0 Å². The van der Waals surface area contributed by atoms with Gasteiger partial charge in [0.25, 0.3) is 0 Å². The molecule has 0 aliphatic heterocycles. The quantitative estimate of drug-likeness (QED) is 0.810. The number of sulfone groups is 1. The van der Waals surface area contributed by atoms with Crippen LogP contribution in [0.3, 0.4) is 0 Å². The molecule has 118 valence electrons. The molecule has 0 aliphatic rings. The number of carboxylic acids is 1. The van der Waals surface area contributed by atoms with Gasteiger partial charge in [0.05, 0.1) is 16.2 Å². The van der Waals surface area contributed by atoms with Crippen molar-refractivity contribution in [2.24, 2.45) is 0 Å². The molecule has 0 aromatic heterocycles. The number of halogens is 4. The average Bonchev–Trinajstić information content (AvgIpc) is 2.29. The van der Waals surface area contributed by atoms with Crippen molar-refractivity contribution in [1.82, 2.24) is 0 Å². The summed E-state index contributed by atoms with van der Waals surface area (Å²) in [5.74, 6) is -2.70. The fourth-order valence-corrected chi connectivity index (χ4v) is 4.61. The highest BCUT2D eigenvalue weighted by molar-refractivity contribution is 9.10. The van der Waals surface area contributed by atoms with E-state index >= 15 is 0 Å².